The van der Waals surface area contributed by atoms with Gasteiger partial charge in [0.25, 0.3) is 0 Å². The first-order valence-corrected chi connectivity index (χ1v) is 9.19. The van der Waals surface area contributed by atoms with Crippen molar-refractivity contribution in [3.05, 3.63) is 28.2 Å². The topological polar surface area (TPSA) is 87.7 Å². The lowest BCUT2D eigenvalue weighted by Crippen LogP contribution is -2.36. The van der Waals surface area contributed by atoms with Gasteiger partial charge >= 0.3 is 6.09 Å². The molecule has 0 atom stereocenters. The number of likely N-dealkylation sites (N-methyl/N-ethyl adjacent to an activating group) is 1. The van der Waals surface area contributed by atoms with Crippen molar-refractivity contribution in [1.82, 2.24) is 10.2 Å². The molecule has 27 heavy (non-hydrogen) atoms. The molecule has 2 N–H and O–H groups in total. The minimum Gasteiger partial charge on any atom is -0.444 e. The fourth-order valence-electron chi connectivity index (χ4n) is 2.01. The number of ether oxygens (including phenoxy) is 1. The predicted octanol–water partition coefficient (Wildman–Crippen LogP) is 3.70. The number of halogens is 2. The first-order chi connectivity index (χ1) is 12.5. The fraction of sp³-hybridized carbons (Fsp3) is 0.500. The zero-order valence-corrected chi connectivity index (χ0v) is 17.4. The van der Waals surface area contributed by atoms with Crippen molar-refractivity contribution < 1.29 is 19.1 Å². The predicted molar refractivity (Wildman–Crippen MR) is 106 cm³/mol. The highest BCUT2D eigenvalue weighted by atomic mass is 35.5. The summed E-state index contributed by atoms with van der Waals surface area (Å²) in [6.45, 7) is 5.53. The minimum atomic E-state index is -0.568. The number of anilines is 1. The van der Waals surface area contributed by atoms with Crippen LogP contribution < -0.4 is 10.6 Å². The van der Waals surface area contributed by atoms with Crippen LogP contribution in [0.3, 0.4) is 0 Å². The van der Waals surface area contributed by atoms with Crippen LogP contribution in [0.15, 0.2) is 18.2 Å². The molecule has 0 aromatic heterocycles. The van der Waals surface area contributed by atoms with Crippen LogP contribution in [0.4, 0.5) is 10.5 Å². The molecule has 0 spiro atoms. The van der Waals surface area contributed by atoms with E-state index in [0.717, 1.165) is 0 Å². The molecule has 3 amide bonds. The van der Waals surface area contributed by atoms with Crippen LogP contribution in [0.2, 0.25) is 10.0 Å². The monoisotopic (exact) mass is 417 g/mol. The van der Waals surface area contributed by atoms with Gasteiger partial charge in [-0.25, -0.2) is 4.79 Å². The summed E-state index contributed by atoms with van der Waals surface area (Å²) in [7, 11) is 1.54. The van der Waals surface area contributed by atoms with E-state index in [9.17, 15) is 14.4 Å². The van der Waals surface area contributed by atoms with E-state index in [1.807, 2.05) is 0 Å². The molecule has 0 saturated heterocycles. The standard InChI is InChI=1S/C18H25Cl2N3O4/c1-18(2,3)27-17(26)21-9-5-6-16(25)23(4)11-15(24)22-12-7-8-13(19)14(20)10-12/h7-8,10H,5-6,9,11H2,1-4H3,(H,21,26)(H,22,24). The number of amides is 3. The van der Waals surface area contributed by atoms with Crippen LogP contribution in [-0.4, -0.2) is 48.5 Å². The van der Waals surface area contributed by atoms with E-state index in [-0.39, 0.29) is 24.8 Å². The van der Waals surface area contributed by atoms with Gasteiger partial charge in [0.1, 0.15) is 5.60 Å². The van der Waals surface area contributed by atoms with Gasteiger partial charge in [-0.2, -0.15) is 0 Å². The van der Waals surface area contributed by atoms with E-state index in [2.05, 4.69) is 10.6 Å². The third kappa shape index (κ3) is 9.49. The second-order valence-electron chi connectivity index (χ2n) is 6.96. The zero-order valence-electron chi connectivity index (χ0n) is 15.9. The van der Waals surface area contributed by atoms with Crippen molar-refractivity contribution >= 4 is 46.8 Å². The quantitative estimate of drug-likeness (QED) is 0.661. The molecule has 9 heteroatoms. The molecule has 1 rings (SSSR count). The van der Waals surface area contributed by atoms with Gasteiger partial charge in [-0.05, 0) is 45.4 Å². The lowest BCUT2D eigenvalue weighted by molar-refractivity contribution is -0.133. The lowest BCUT2D eigenvalue weighted by Gasteiger charge is -2.20. The van der Waals surface area contributed by atoms with Crippen molar-refractivity contribution in [3.8, 4) is 0 Å². The first-order valence-electron chi connectivity index (χ1n) is 8.43. The first kappa shape index (κ1) is 23.0. The molecular formula is C18H25Cl2N3O4. The minimum absolute atomic E-state index is 0.0986. The smallest absolute Gasteiger partial charge is 0.407 e. The van der Waals surface area contributed by atoms with Crippen LogP contribution in [0.25, 0.3) is 0 Å². The Kier molecular flexibility index (Phi) is 8.85. The molecular weight excluding hydrogens is 393 g/mol. The Morgan fingerprint density at radius 3 is 2.41 bits per heavy atom. The van der Waals surface area contributed by atoms with E-state index < -0.39 is 11.7 Å². The summed E-state index contributed by atoms with van der Waals surface area (Å²) in [5, 5.41) is 5.95. The van der Waals surface area contributed by atoms with Crippen LogP contribution in [0.5, 0.6) is 0 Å². The van der Waals surface area contributed by atoms with Crippen molar-refractivity contribution in [2.24, 2.45) is 0 Å². The average molecular weight is 418 g/mol. The highest BCUT2D eigenvalue weighted by Crippen LogP contribution is 2.24. The maximum atomic E-state index is 12.1. The van der Waals surface area contributed by atoms with Gasteiger partial charge in [-0.15, -0.1) is 0 Å². The van der Waals surface area contributed by atoms with Gasteiger partial charge in [0, 0.05) is 25.7 Å². The molecule has 0 saturated carbocycles. The SMILES string of the molecule is CN(CC(=O)Nc1ccc(Cl)c(Cl)c1)C(=O)CCCNC(=O)OC(C)(C)C. The highest BCUT2D eigenvalue weighted by molar-refractivity contribution is 6.42. The normalized spacial score (nSPS) is 10.9. The summed E-state index contributed by atoms with van der Waals surface area (Å²) in [6, 6.07) is 4.73. The van der Waals surface area contributed by atoms with E-state index >= 15 is 0 Å². The van der Waals surface area contributed by atoms with Gasteiger partial charge in [0.15, 0.2) is 0 Å². The van der Waals surface area contributed by atoms with E-state index in [4.69, 9.17) is 27.9 Å². The van der Waals surface area contributed by atoms with Crippen LogP contribution >= 0.6 is 23.2 Å². The highest BCUT2D eigenvalue weighted by Gasteiger charge is 2.16. The fourth-order valence-corrected chi connectivity index (χ4v) is 2.31. The number of nitrogens with one attached hydrogen (secondary N) is 2. The van der Waals surface area contributed by atoms with E-state index in [0.29, 0.717) is 28.7 Å². The molecule has 0 heterocycles. The van der Waals surface area contributed by atoms with Crippen LogP contribution in [-0.2, 0) is 14.3 Å². The Hall–Kier alpha value is -1.99. The number of alkyl carbamates (subject to hydrolysis) is 1. The molecule has 0 radical (unpaired) electrons. The Morgan fingerprint density at radius 1 is 1.15 bits per heavy atom. The third-order valence-corrected chi connectivity index (χ3v) is 3.98. The summed E-state index contributed by atoms with van der Waals surface area (Å²) >= 11 is 11.7. The zero-order chi connectivity index (χ0) is 20.6. The number of hydrogen-bond acceptors (Lipinski definition) is 4. The number of hydrogen-bond donors (Lipinski definition) is 2. The Balaban J connectivity index is 2.31. The van der Waals surface area contributed by atoms with Crippen LogP contribution in [0.1, 0.15) is 33.6 Å². The van der Waals surface area contributed by atoms with Crippen molar-refractivity contribution in [2.45, 2.75) is 39.2 Å². The molecule has 7 nitrogen and oxygen atoms in total. The van der Waals surface area contributed by atoms with E-state index in [1.165, 1.54) is 18.0 Å². The number of rotatable bonds is 7. The summed E-state index contributed by atoms with van der Waals surface area (Å²) in [6.07, 6.45) is 0.118. The van der Waals surface area contributed by atoms with Gasteiger partial charge in [0.2, 0.25) is 11.8 Å². The second kappa shape index (κ2) is 10.4. The number of carbonyl (C=O) groups excluding carboxylic acids is 3. The number of carbonyl (C=O) groups is 3. The Bertz CT molecular complexity index is 690. The van der Waals surface area contributed by atoms with Crippen LogP contribution in [0, 0.1) is 0 Å². The Labute approximate surface area is 169 Å². The molecule has 0 fully saturated rings. The molecule has 1 aromatic carbocycles. The molecule has 150 valence electrons. The Morgan fingerprint density at radius 2 is 1.81 bits per heavy atom. The van der Waals surface area contributed by atoms with E-state index in [1.54, 1.807) is 32.9 Å². The second-order valence-corrected chi connectivity index (χ2v) is 7.77. The van der Waals surface area contributed by atoms with Gasteiger partial charge in [0.05, 0.1) is 16.6 Å². The maximum absolute atomic E-state index is 12.1. The summed E-state index contributed by atoms with van der Waals surface area (Å²) < 4.78 is 5.10. The summed E-state index contributed by atoms with van der Waals surface area (Å²) in [4.78, 5) is 36.9. The molecule has 0 unspecified atom stereocenters. The number of nitrogens with zero attached hydrogens (tertiary/aromatic N) is 1. The third-order valence-electron chi connectivity index (χ3n) is 3.25. The van der Waals surface area contributed by atoms with Crippen molar-refractivity contribution in [3.63, 3.8) is 0 Å². The molecule has 0 bridgehead atoms. The largest absolute Gasteiger partial charge is 0.444 e. The molecule has 0 aliphatic heterocycles. The maximum Gasteiger partial charge on any atom is 0.407 e. The molecule has 1 aromatic rings. The number of benzene rings is 1. The van der Waals surface area contributed by atoms with Gasteiger partial charge in [-0.3, -0.25) is 9.59 Å². The summed E-state index contributed by atoms with van der Waals surface area (Å²) in [5.74, 6) is -0.554. The lowest BCUT2D eigenvalue weighted by atomic mass is 10.2. The summed E-state index contributed by atoms with van der Waals surface area (Å²) in [5.41, 5.74) is -0.0706. The van der Waals surface area contributed by atoms with Gasteiger partial charge < -0.3 is 20.3 Å². The average Bonchev–Trinajstić information content (AvgIpc) is 2.53. The molecule has 0 aliphatic rings. The van der Waals surface area contributed by atoms with Gasteiger partial charge in [-0.1, -0.05) is 23.2 Å². The van der Waals surface area contributed by atoms with Crippen molar-refractivity contribution in [1.29, 1.82) is 0 Å². The molecule has 0 aliphatic carbocycles. The van der Waals surface area contributed by atoms with Crippen molar-refractivity contribution in [2.75, 3.05) is 25.5 Å².